The number of hydrogen-bond acceptors (Lipinski definition) is 5. The van der Waals surface area contributed by atoms with Crippen LogP contribution in [0.15, 0.2) is 53.7 Å². The number of nitrogens with one attached hydrogen (secondary N) is 3. The van der Waals surface area contributed by atoms with Crippen molar-refractivity contribution < 1.29 is 9.53 Å². The maximum Gasteiger partial charge on any atom is 0.221 e. The number of pyridine rings is 1. The van der Waals surface area contributed by atoms with E-state index in [0.29, 0.717) is 37.1 Å². The highest BCUT2D eigenvalue weighted by Crippen LogP contribution is 2.17. The van der Waals surface area contributed by atoms with Crippen molar-refractivity contribution >= 4 is 47.2 Å². The van der Waals surface area contributed by atoms with E-state index in [9.17, 15) is 4.79 Å². The number of carbonyl (C=O) groups is 1. The summed E-state index contributed by atoms with van der Waals surface area (Å²) in [6, 6.07) is 13.1. The Balaban J connectivity index is 0.00000320. The largest absolute Gasteiger partial charge is 0.492 e. The van der Waals surface area contributed by atoms with E-state index in [4.69, 9.17) is 4.74 Å². The summed E-state index contributed by atoms with van der Waals surface area (Å²) in [4.78, 5) is 15.7. The number of ether oxygens (including phenoxy) is 1. The van der Waals surface area contributed by atoms with Gasteiger partial charge in [0.2, 0.25) is 5.91 Å². The number of guanidine groups is 1. The fourth-order valence-electron chi connectivity index (χ4n) is 2.70. The van der Waals surface area contributed by atoms with Crippen molar-refractivity contribution in [3.8, 4) is 5.75 Å². The Morgan fingerprint density at radius 3 is 2.83 bits per heavy atom. The first-order valence-electron chi connectivity index (χ1n) is 9.47. The summed E-state index contributed by atoms with van der Waals surface area (Å²) in [5.74, 6) is 2.02. The number of benzene rings is 1. The minimum absolute atomic E-state index is 0. The third-order valence-electron chi connectivity index (χ3n) is 3.92. The summed E-state index contributed by atoms with van der Waals surface area (Å²) in [6.07, 6.45) is 1.92. The number of nitrogens with zero attached hydrogens (tertiary/aromatic N) is 4. The van der Waals surface area contributed by atoms with Crippen molar-refractivity contribution in [2.75, 3.05) is 25.0 Å². The zero-order valence-corrected chi connectivity index (χ0v) is 19.3. The third-order valence-corrected chi connectivity index (χ3v) is 3.92. The minimum Gasteiger partial charge on any atom is -0.492 e. The predicted molar refractivity (Wildman–Crippen MR) is 127 cm³/mol. The van der Waals surface area contributed by atoms with Crippen LogP contribution in [0.4, 0.5) is 5.69 Å². The van der Waals surface area contributed by atoms with Crippen molar-refractivity contribution in [1.29, 1.82) is 0 Å². The summed E-state index contributed by atoms with van der Waals surface area (Å²) in [5.41, 5.74) is 1.50. The van der Waals surface area contributed by atoms with Crippen molar-refractivity contribution in [3.63, 3.8) is 0 Å². The molecule has 2 aromatic heterocycles. The lowest BCUT2D eigenvalue weighted by Gasteiger charge is -2.12. The Hall–Kier alpha value is -2.89. The van der Waals surface area contributed by atoms with E-state index >= 15 is 0 Å². The second-order valence-corrected chi connectivity index (χ2v) is 6.22. The second-order valence-electron chi connectivity index (χ2n) is 6.22. The van der Waals surface area contributed by atoms with Crippen molar-refractivity contribution in [1.82, 2.24) is 25.2 Å². The van der Waals surface area contributed by atoms with E-state index in [0.717, 1.165) is 18.0 Å². The third kappa shape index (κ3) is 6.87. The van der Waals surface area contributed by atoms with Crippen molar-refractivity contribution in [3.05, 3.63) is 54.5 Å². The first-order valence-corrected chi connectivity index (χ1v) is 9.47. The van der Waals surface area contributed by atoms with Gasteiger partial charge in [-0.15, -0.1) is 34.2 Å². The number of carbonyl (C=O) groups excluding carboxylic acids is 1. The molecule has 0 aliphatic heterocycles. The molecular formula is C20H26IN7O2. The number of aromatic nitrogens is 3. The first-order chi connectivity index (χ1) is 14.2. The van der Waals surface area contributed by atoms with Gasteiger partial charge in [0.1, 0.15) is 18.9 Å². The van der Waals surface area contributed by atoms with Gasteiger partial charge in [-0.05, 0) is 31.2 Å². The topological polar surface area (TPSA) is 105 Å². The maximum atomic E-state index is 11.1. The van der Waals surface area contributed by atoms with Crippen LogP contribution in [0.5, 0.6) is 5.75 Å². The highest BCUT2D eigenvalue weighted by molar-refractivity contribution is 14.0. The van der Waals surface area contributed by atoms with Crippen molar-refractivity contribution in [2.45, 2.75) is 20.4 Å². The summed E-state index contributed by atoms with van der Waals surface area (Å²) < 4.78 is 7.66. The average molecular weight is 523 g/mol. The molecule has 0 atom stereocenters. The van der Waals surface area contributed by atoms with Crippen LogP contribution in [0.1, 0.15) is 19.7 Å². The molecule has 2 heterocycles. The molecule has 0 aliphatic carbocycles. The molecule has 3 N–H and O–H groups in total. The van der Waals surface area contributed by atoms with Gasteiger partial charge in [0.25, 0.3) is 0 Å². The highest BCUT2D eigenvalue weighted by atomic mass is 127. The molecule has 0 saturated carbocycles. The molecule has 0 fully saturated rings. The van der Waals surface area contributed by atoms with Crippen LogP contribution in [-0.4, -0.2) is 46.2 Å². The molecule has 1 amide bonds. The van der Waals surface area contributed by atoms with Crippen LogP contribution in [-0.2, 0) is 11.3 Å². The van der Waals surface area contributed by atoms with Crippen LogP contribution in [0.25, 0.3) is 5.65 Å². The van der Waals surface area contributed by atoms with Gasteiger partial charge in [0.05, 0.1) is 6.54 Å². The van der Waals surface area contributed by atoms with E-state index in [1.807, 2.05) is 53.9 Å². The molecular weight excluding hydrogens is 497 g/mol. The molecule has 0 spiro atoms. The summed E-state index contributed by atoms with van der Waals surface area (Å²) in [5, 5.41) is 17.5. The lowest BCUT2D eigenvalue weighted by molar-refractivity contribution is -0.114. The Kier molecular flexibility index (Phi) is 9.32. The van der Waals surface area contributed by atoms with Gasteiger partial charge in [-0.25, -0.2) is 4.99 Å². The predicted octanol–water partition coefficient (Wildman–Crippen LogP) is 2.44. The van der Waals surface area contributed by atoms with E-state index in [-0.39, 0.29) is 29.9 Å². The molecule has 30 heavy (non-hydrogen) atoms. The van der Waals surface area contributed by atoms with Gasteiger partial charge in [-0.2, -0.15) is 0 Å². The number of amides is 1. The summed E-state index contributed by atoms with van der Waals surface area (Å²) in [7, 11) is 0. The first kappa shape index (κ1) is 23.4. The number of halogens is 1. The standard InChI is InChI=1S/C20H25N7O2.HI/c1-3-21-20(23-14-19-26-25-18-9-4-5-11-27(18)19)22-10-12-29-17-8-6-7-16(13-17)24-15(2)28;/h4-9,11,13H,3,10,12,14H2,1-2H3,(H,24,28)(H2,21,22,23);1H. The molecule has 0 unspecified atom stereocenters. The van der Waals surface area contributed by atoms with E-state index in [2.05, 4.69) is 31.1 Å². The quantitative estimate of drug-likeness (QED) is 0.181. The smallest absolute Gasteiger partial charge is 0.221 e. The Morgan fingerprint density at radius 1 is 1.17 bits per heavy atom. The molecule has 3 aromatic rings. The average Bonchev–Trinajstić information content (AvgIpc) is 3.12. The fourth-order valence-corrected chi connectivity index (χ4v) is 2.70. The second kappa shape index (κ2) is 12.0. The lowest BCUT2D eigenvalue weighted by atomic mass is 10.3. The summed E-state index contributed by atoms with van der Waals surface area (Å²) >= 11 is 0. The molecule has 1 aromatic carbocycles. The molecule has 3 rings (SSSR count). The zero-order valence-electron chi connectivity index (χ0n) is 17.0. The molecule has 10 heteroatoms. The molecule has 0 radical (unpaired) electrons. The van der Waals surface area contributed by atoms with Crippen LogP contribution >= 0.6 is 24.0 Å². The minimum atomic E-state index is -0.115. The van der Waals surface area contributed by atoms with Gasteiger partial charge >= 0.3 is 0 Å². The zero-order chi connectivity index (χ0) is 20.5. The number of rotatable bonds is 8. The molecule has 160 valence electrons. The number of anilines is 1. The number of aliphatic imine (C=N–C) groups is 1. The van der Waals surface area contributed by atoms with Crippen molar-refractivity contribution in [2.24, 2.45) is 4.99 Å². The molecule has 0 aliphatic rings. The Labute approximate surface area is 192 Å². The van der Waals surface area contributed by atoms with Crippen LogP contribution in [0, 0.1) is 0 Å². The Bertz CT molecular complexity index is 990. The van der Waals surface area contributed by atoms with Gasteiger partial charge in [-0.1, -0.05) is 12.1 Å². The van der Waals surface area contributed by atoms with E-state index in [1.165, 1.54) is 6.92 Å². The lowest BCUT2D eigenvalue weighted by Crippen LogP contribution is -2.39. The van der Waals surface area contributed by atoms with Crippen LogP contribution in [0.2, 0.25) is 0 Å². The van der Waals surface area contributed by atoms with Gasteiger partial charge < -0.3 is 20.7 Å². The van der Waals surface area contributed by atoms with Crippen LogP contribution < -0.4 is 20.7 Å². The SMILES string of the molecule is CCNC(=NCc1nnc2ccccn12)NCCOc1cccc(NC(C)=O)c1.I. The molecule has 0 saturated heterocycles. The number of fused-ring (bicyclic) bond motifs is 1. The van der Waals surface area contributed by atoms with Gasteiger partial charge in [-0.3, -0.25) is 9.20 Å². The maximum absolute atomic E-state index is 11.1. The highest BCUT2D eigenvalue weighted by Gasteiger charge is 2.05. The molecule has 0 bridgehead atoms. The fraction of sp³-hybridized carbons (Fsp3) is 0.300. The van der Waals surface area contributed by atoms with E-state index in [1.54, 1.807) is 6.07 Å². The monoisotopic (exact) mass is 523 g/mol. The van der Waals surface area contributed by atoms with Gasteiger partial charge in [0.15, 0.2) is 17.4 Å². The molecule has 9 nitrogen and oxygen atoms in total. The normalized spacial score (nSPS) is 10.9. The summed E-state index contributed by atoms with van der Waals surface area (Å²) in [6.45, 7) is 5.64. The van der Waals surface area contributed by atoms with E-state index < -0.39 is 0 Å². The van der Waals surface area contributed by atoms with Gasteiger partial charge in [0, 0.05) is 31.4 Å². The Morgan fingerprint density at radius 2 is 2.03 bits per heavy atom. The number of hydrogen-bond donors (Lipinski definition) is 3. The van der Waals surface area contributed by atoms with Crippen LogP contribution in [0.3, 0.4) is 0 Å².